The predicted octanol–water partition coefficient (Wildman–Crippen LogP) is 3.33. The van der Waals surface area contributed by atoms with E-state index in [0.717, 1.165) is 47.2 Å². The van der Waals surface area contributed by atoms with Gasteiger partial charge in [0.25, 0.3) is 5.91 Å². The minimum atomic E-state index is -0.289. The first kappa shape index (κ1) is 19.8. The van der Waals surface area contributed by atoms with Gasteiger partial charge in [0.1, 0.15) is 6.54 Å². The van der Waals surface area contributed by atoms with E-state index < -0.39 is 0 Å². The maximum absolute atomic E-state index is 13.3. The molecule has 1 fully saturated rings. The first-order valence-corrected chi connectivity index (χ1v) is 10.9. The molecule has 0 radical (unpaired) electrons. The molecule has 0 spiro atoms. The Kier molecular flexibility index (Phi) is 5.02. The summed E-state index contributed by atoms with van der Waals surface area (Å²) in [4.78, 5) is 27.9. The van der Waals surface area contributed by atoms with Crippen LogP contribution >= 0.6 is 0 Å². The van der Waals surface area contributed by atoms with Crippen molar-refractivity contribution in [2.45, 2.75) is 31.9 Å². The van der Waals surface area contributed by atoms with Gasteiger partial charge in [-0.25, -0.2) is 0 Å². The number of benzene rings is 2. The van der Waals surface area contributed by atoms with Crippen LogP contribution in [0.25, 0.3) is 10.9 Å². The SMILES string of the molecule is Cc1c([C@H]2c3ccccc3C(=O)N2CC(=O)NC[C@@H]2CCCO2)c2ccccc2n1C. The number of rotatable bonds is 5. The van der Waals surface area contributed by atoms with Crippen molar-refractivity contribution in [3.63, 3.8) is 0 Å². The van der Waals surface area contributed by atoms with Crippen LogP contribution in [0.15, 0.2) is 48.5 Å². The summed E-state index contributed by atoms with van der Waals surface area (Å²) in [6.07, 6.45) is 2.07. The van der Waals surface area contributed by atoms with Gasteiger partial charge in [0.15, 0.2) is 0 Å². The molecule has 1 saturated heterocycles. The molecule has 3 aromatic rings. The van der Waals surface area contributed by atoms with Gasteiger partial charge in [0, 0.05) is 47.9 Å². The Balaban J connectivity index is 1.51. The lowest BCUT2D eigenvalue weighted by Crippen LogP contribution is -2.41. The largest absolute Gasteiger partial charge is 0.376 e. The molecule has 3 heterocycles. The predicted molar refractivity (Wildman–Crippen MR) is 119 cm³/mol. The van der Waals surface area contributed by atoms with Crippen LogP contribution in [0.2, 0.25) is 0 Å². The normalized spacial score (nSPS) is 20.5. The standard InChI is InChI=1S/C25H27N3O3/c1-16-23(20-11-5-6-12-21(20)27(16)2)24-18-9-3-4-10-19(18)25(30)28(24)15-22(29)26-14-17-8-7-13-31-17/h3-6,9-12,17,24H,7-8,13-15H2,1-2H3,(H,26,29)/t17-,24+/m0/s1. The second-order valence-corrected chi connectivity index (χ2v) is 8.44. The Morgan fingerprint density at radius 3 is 2.74 bits per heavy atom. The summed E-state index contributed by atoms with van der Waals surface area (Å²) in [6.45, 7) is 3.35. The number of aromatic nitrogens is 1. The van der Waals surface area contributed by atoms with Crippen molar-refractivity contribution in [2.24, 2.45) is 7.05 Å². The van der Waals surface area contributed by atoms with Crippen molar-refractivity contribution in [1.29, 1.82) is 0 Å². The Morgan fingerprint density at radius 1 is 1.16 bits per heavy atom. The Hall–Kier alpha value is -3.12. The number of nitrogens with zero attached hydrogens (tertiary/aromatic N) is 2. The molecule has 6 heteroatoms. The van der Waals surface area contributed by atoms with Crippen molar-refractivity contribution in [1.82, 2.24) is 14.8 Å². The zero-order valence-electron chi connectivity index (χ0n) is 17.9. The third-order valence-corrected chi connectivity index (χ3v) is 6.65. The fraction of sp³-hybridized carbons (Fsp3) is 0.360. The van der Waals surface area contributed by atoms with Gasteiger partial charge in [-0.3, -0.25) is 9.59 Å². The van der Waals surface area contributed by atoms with Crippen LogP contribution < -0.4 is 5.32 Å². The van der Waals surface area contributed by atoms with Crippen molar-refractivity contribution >= 4 is 22.7 Å². The van der Waals surface area contributed by atoms with Gasteiger partial charge < -0.3 is 19.5 Å². The summed E-state index contributed by atoms with van der Waals surface area (Å²) >= 11 is 0. The second-order valence-electron chi connectivity index (χ2n) is 8.44. The highest BCUT2D eigenvalue weighted by atomic mass is 16.5. The van der Waals surface area contributed by atoms with E-state index in [2.05, 4.69) is 28.9 Å². The van der Waals surface area contributed by atoms with Gasteiger partial charge in [-0.2, -0.15) is 0 Å². The highest BCUT2D eigenvalue weighted by Crippen LogP contribution is 2.43. The van der Waals surface area contributed by atoms with Crippen molar-refractivity contribution in [3.8, 4) is 0 Å². The van der Waals surface area contributed by atoms with Crippen LogP contribution in [-0.4, -0.2) is 47.1 Å². The summed E-state index contributed by atoms with van der Waals surface area (Å²) < 4.78 is 7.76. The molecule has 1 N–H and O–H groups in total. The molecule has 160 valence electrons. The van der Waals surface area contributed by atoms with E-state index in [1.807, 2.05) is 43.4 Å². The molecule has 31 heavy (non-hydrogen) atoms. The topological polar surface area (TPSA) is 63.6 Å². The van der Waals surface area contributed by atoms with E-state index in [9.17, 15) is 9.59 Å². The summed E-state index contributed by atoms with van der Waals surface area (Å²) in [6, 6.07) is 15.6. The zero-order valence-corrected chi connectivity index (χ0v) is 17.9. The molecule has 2 atom stereocenters. The summed E-state index contributed by atoms with van der Waals surface area (Å²) in [7, 11) is 2.04. The van der Waals surface area contributed by atoms with Crippen molar-refractivity contribution < 1.29 is 14.3 Å². The number of nitrogens with one attached hydrogen (secondary N) is 1. The molecule has 2 amide bonds. The van der Waals surface area contributed by atoms with Crippen LogP contribution in [-0.2, 0) is 16.6 Å². The van der Waals surface area contributed by atoms with Gasteiger partial charge in [-0.1, -0.05) is 36.4 Å². The number of carbonyl (C=O) groups excluding carboxylic acids is 2. The van der Waals surface area contributed by atoms with E-state index >= 15 is 0 Å². The molecule has 2 aromatic carbocycles. The van der Waals surface area contributed by atoms with E-state index in [4.69, 9.17) is 4.74 Å². The molecular formula is C25H27N3O3. The van der Waals surface area contributed by atoms with E-state index in [0.29, 0.717) is 12.1 Å². The minimum absolute atomic E-state index is 0.0214. The number of aryl methyl sites for hydroxylation is 1. The van der Waals surface area contributed by atoms with E-state index in [-0.39, 0.29) is 30.5 Å². The molecular weight excluding hydrogens is 390 g/mol. The highest BCUT2D eigenvalue weighted by molar-refractivity contribution is 6.02. The quantitative estimate of drug-likeness (QED) is 0.693. The van der Waals surface area contributed by atoms with Gasteiger partial charge in [-0.05, 0) is 37.5 Å². The number of carbonyl (C=O) groups is 2. The van der Waals surface area contributed by atoms with E-state index in [1.165, 1.54) is 0 Å². The van der Waals surface area contributed by atoms with Gasteiger partial charge >= 0.3 is 0 Å². The number of hydrogen-bond acceptors (Lipinski definition) is 3. The summed E-state index contributed by atoms with van der Waals surface area (Å²) in [5, 5.41) is 4.08. The molecule has 5 rings (SSSR count). The number of amides is 2. The maximum Gasteiger partial charge on any atom is 0.255 e. The monoisotopic (exact) mass is 417 g/mol. The average Bonchev–Trinajstić information content (AvgIpc) is 3.46. The van der Waals surface area contributed by atoms with Gasteiger partial charge in [-0.15, -0.1) is 0 Å². The molecule has 0 bridgehead atoms. The number of para-hydroxylation sites is 1. The molecule has 0 saturated carbocycles. The lowest BCUT2D eigenvalue weighted by molar-refractivity contribution is -0.122. The first-order chi connectivity index (χ1) is 15.1. The Labute approximate surface area is 181 Å². The molecule has 0 unspecified atom stereocenters. The zero-order chi connectivity index (χ0) is 21.5. The molecule has 1 aromatic heterocycles. The number of ether oxygens (including phenoxy) is 1. The molecule has 2 aliphatic heterocycles. The molecule has 2 aliphatic rings. The highest BCUT2D eigenvalue weighted by Gasteiger charge is 2.40. The first-order valence-electron chi connectivity index (χ1n) is 10.9. The Bertz CT molecular complexity index is 1160. The van der Waals surface area contributed by atoms with Crippen LogP contribution in [0.3, 0.4) is 0 Å². The van der Waals surface area contributed by atoms with Crippen LogP contribution in [0.5, 0.6) is 0 Å². The number of hydrogen-bond donors (Lipinski definition) is 1. The van der Waals surface area contributed by atoms with Crippen LogP contribution in [0, 0.1) is 6.92 Å². The summed E-state index contributed by atoms with van der Waals surface area (Å²) in [5.74, 6) is -0.250. The second kappa shape index (κ2) is 7.85. The van der Waals surface area contributed by atoms with Crippen molar-refractivity contribution in [2.75, 3.05) is 19.7 Å². The lowest BCUT2D eigenvalue weighted by atomic mass is 9.95. The van der Waals surface area contributed by atoms with E-state index in [1.54, 1.807) is 4.90 Å². The van der Waals surface area contributed by atoms with Gasteiger partial charge in [0.2, 0.25) is 5.91 Å². The third-order valence-electron chi connectivity index (χ3n) is 6.65. The van der Waals surface area contributed by atoms with Gasteiger partial charge in [0.05, 0.1) is 12.1 Å². The maximum atomic E-state index is 13.3. The third kappa shape index (κ3) is 3.31. The molecule has 0 aliphatic carbocycles. The summed E-state index contributed by atoms with van der Waals surface area (Å²) in [5.41, 5.74) is 4.93. The minimum Gasteiger partial charge on any atom is -0.376 e. The lowest BCUT2D eigenvalue weighted by Gasteiger charge is -2.26. The smallest absolute Gasteiger partial charge is 0.255 e. The van der Waals surface area contributed by atoms with Crippen LogP contribution in [0.1, 0.15) is 46.1 Å². The Morgan fingerprint density at radius 2 is 1.94 bits per heavy atom. The fourth-order valence-corrected chi connectivity index (χ4v) is 4.98. The van der Waals surface area contributed by atoms with Crippen molar-refractivity contribution in [3.05, 3.63) is 70.9 Å². The van der Waals surface area contributed by atoms with Crippen LogP contribution in [0.4, 0.5) is 0 Å². The molecule has 6 nitrogen and oxygen atoms in total. The fourth-order valence-electron chi connectivity index (χ4n) is 4.98. The average molecular weight is 418 g/mol. The number of fused-ring (bicyclic) bond motifs is 2.